The lowest BCUT2D eigenvalue weighted by Gasteiger charge is -2.56. The van der Waals surface area contributed by atoms with Crippen molar-refractivity contribution in [3.05, 3.63) is 0 Å². The van der Waals surface area contributed by atoms with Gasteiger partial charge in [0.15, 0.2) is 0 Å². The highest BCUT2D eigenvalue weighted by Gasteiger charge is 2.53. The summed E-state index contributed by atoms with van der Waals surface area (Å²) in [6.45, 7) is 6.88. The Kier molecular flexibility index (Phi) is 8.42. The maximum absolute atomic E-state index is 13.0. The van der Waals surface area contributed by atoms with E-state index in [0.717, 1.165) is 38.5 Å². The van der Waals surface area contributed by atoms with Gasteiger partial charge in [0.25, 0.3) is 0 Å². The van der Waals surface area contributed by atoms with Gasteiger partial charge in [-0.05, 0) is 61.7 Å². The van der Waals surface area contributed by atoms with Gasteiger partial charge >= 0.3 is 0 Å². The molecule has 0 aromatic heterocycles. The summed E-state index contributed by atoms with van der Waals surface area (Å²) in [7, 11) is 1.60. The molecule has 0 aromatic rings. The molecule has 3 rings (SSSR count). The van der Waals surface area contributed by atoms with Crippen molar-refractivity contribution in [2.24, 2.45) is 29.1 Å². The fraction of sp³-hybridized carbons (Fsp3) is 0.920. The summed E-state index contributed by atoms with van der Waals surface area (Å²) in [5.74, 6) is 0.184. The minimum absolute atomic E-state index is 0.0179. The van der Waals surface area contributed by atoms with Gasteiger partial charge in [-0.15, -0.1) is 0 Å². The van der Waals surface area contributed by atoms with Crippen LogP contribution in [-0.2, 0) is 14.3 Å². The van der Waals surface area contributed by atoms with Crippen molar-refractivity contribution in [2.75, 3.05) is 13.7 Å². The molecular weight excluding hydrogens is 392 g/mol. The second-order valence-corrected chi connectivity index (χ2v) is 10.8. The van der Waals surface area contributed by atoms with E-state index in [-0.39, 0.29) is 46.9 Å². The van der Waals surface area contributed by atoms with Gasteiger partial charge in [-0.3, -0.25) is 9.59 Å². The molecule has 6 nitrogen and oxygen atoms in total. The van der Waals surface area contributed by atoms with Crippen LogP contribution in [0.3, 0.4) is 0 Å². The van der Waals surface area contributed by atoms with Gasteiger partial charge in [-0.25, -0.2) is 0 Å². The molecule has 3 aliphatic rings. The lowest BCUT2D eigenvalue weighted by atomic mass is 9.51. The van der Waals surface area contributed by atoms with E-state index in [1.165, 1.54) is 19.3 Å². The monoisotopic (exact) mass is 436 g/mol. The average Bonchev–Trinajstić information content (AvgIpc) is 2.74. The number of rotatable bonds is 7. The number of carbonyl (C=O) groups is 2. The average molecular weight is 437 g/mol. The second-order valence-electron chi connectivity index (χ2n) is 10.8. The molecule has 0 radical (unpaired) electrons. The third kappa shape index (κ3) is 5.62. The van der Waals surface area contributed by atoms with Gasteiger partial charge in [0.1, 0.15) is 0 Å². The van der Waals surface area contributed by atoms with Crippen LogP contribution < -0.4 is 10.6 Å². The quantitative estimate of drug-likeness (QED) is 0.571. The molecule has 0 aliphatic heterocycles. The number of ether oxygens (including phenoxy) is 1. The number of methoxy groups -OCH3 is 1. The molecular formula is C25H44N2O4. The van der Waals surface area contributed by atoms with Crippen LogP contribution in [0.2, 0.25) is 0 Å². The van der Waals surface area contributed by atoms with Gasteiger partial charge in [0.05, 0.1) is 12.7 Å². The molecule has 0 aromatic carbocycles. The van der Waals surface area contributed by atoms with E-state index < -0.39 is 6.10 Å². The lowest BCUT2D eigenvalue weighted by Crippen LogP contribution is -2.58. The van der Waals surface area contributed by atoms with Crippen molar-refractivity contribution >= 4 is 11.8 Å². The molecule has 3 N–H and O–H groups in total. The Balaban J connectivity index is 1.64. The molecule has 1 unspecified atom stereocenters. The molecule has 0 spiro atoms. The minimum atomic E-state index is -0.514. The van der Waals surface area contributed by atoms with Crippen LogP contribution in [0.5, 0.6) is 0 Å². The van der Waals surface area contributed by atoms with Crippen LogP contribution in [0, 0.1) is 29.1 Å². The number of aliphatic hydroxyl groups is 1. The van der Waals surface area contributed by atoms with Crippen LogP contribution in [0.25, 0.3) is 0 Å². The highest BCUT2D eigenvalue weighted by atomic mass is 16.5. The maximum atomic E-state index is 13.0. The topological polar surface area (TPSA) is 87.7 Å². The van der Waals surface area contributed by atoms with Crippen LogP contribution in [0.15, 0.2) is 0 Å². The van der Waals surface area contributed by atoms with Crippen LogP contribution >= 0.6 is 0 Å². The predicted molar refractivity (Wildman–Crippen MR) is 121 cm³/mol. The summed E-state index contributed by atoms with van der Waals surface area (Å²) < 4.78 is 5.03. The minimum Gasteiger partial charge on any atom is -0.392 e. The van der Waals surface area contributed by atoms with Gasteiger partial charge in [-0.2, -0.15) is 0 Å². The van der Waals surface area contributed by atoms with Crippen LogP contribution in [0.1, 0.15) is 85.0 Å². The van der Waals surface area contributed by atoms with E-state index in [4.69, 9.17) is 4.74 Å². The van der Waals surface area contributed by atoms with Crippen molar-refractivity contribution in [2.45, 2.75) is 103 Å². The third-order valence-corrected chi connectivity index (χ3v) is 8.77. The van der Waals surface area contributed by atoms with Crippen molar-refractivity contribution in [3.8, 4) is 0 Å². The van der Waals surface area contributed by atoms with Gasteiger partial charge < -0.3 is 20.5 Å². The zero-order chi connectivity index (χ0) is 22.6. The number of hydrogen-bond donors (Lipinski definition) is 3. The summed E-state index contributed by atoms with van der Waals surface area (Å²) in [5.41, 5.74) is 0.0721. The summed E-state index contributed by atoms with van der Waals surface area (Å²) in [4.78, 5) is 25.3. The molecule has 0 bridgehead atoms. The first kappa shape index (κ1) is 24.5. The Morgan fingerprint density at radius 1 is 1.10 bits per heavy atom. The lowest BCUT2D eigenvalue weighted by molar-refractivity contribution is -0.144. The molecule has 6 heteroatoms. The van der Waals surface area contributed by atoms with Crippen LogP contribution in [-0.4, -0.2) is 48.8 Å². The SMILES string of the molecule is COCCC(=O)N[C@H]1CC[C@]2(C)CCC([C@H](C)C(=O)NC3CCCCC3)[C@H](O)[C@H]2[C@@H]1C. The molecule has 178 valence electrons. The summed E-state index contributed by atoms with van der Waals surface area (Å²) >= 11 is 0. The molecule has 3 fully saturated rings. The first-order valence-electron chi connectivity index (χ1n) is 12.5. The maximum Gasteiger partial charge on any atom is 0.223 e. The number of amides is 2. The highest BCUT2D eigenvalue weighted by Crippen LogP contribution is 2.55. The van der Waals surface area contributed by atoms with E-state index in [1.807, 2.05) is 6.92 Å². The van der Waals surface area contributed by atoms with Crippen LogP contribution in [0.4, 0.5) is 0 Å². The third-order valence-electron chi connectivity index (χ3n) is 8.77. The fourth-order valence-electron chi connectivity index (χ4n) is 6.75. The Morgan fingerprint density at radius 2 is 1.77 bits per heavy atom. The van der Waals surface area contributed by atoms with Crippen molar-refractivity contribution in [1.82, 2.24) is 10.6 Å². The van der Waals surface area contributed by atoms with Gasteiger partial charge in [-0.1, -0.05) is 40.0 Å². The van der Waals surface area contributed by atoms with E-state index in [2.05, 4.69) is 24.5 Å². The van der Waals surface area contributed by atoms with E-state index in [9.17, 15) is 14.7 Å². The number of aliphatic hydroxyl groups excluding tert-OH is 1. The first-order valence-corrected chi connectivity index (χ1v) is 12.5. The fourth-order valence-corrected chi connectivity index (χ4v) is 6.75. The molecule has 31 heavy (non-hydrogen) atoms. The number of carbonyl (C=O) groups excluding carboxylic acids is 2. The normalized spacial score (nSPS) is 37.5. The number of fused-ring (bicyclic) bond motifs is 1. The molecule has 3 aliphatic carbocycles. The van der Waals surface area contributed by atoms with Crippen molar-refractivity contribution in [1.29, 1.82) is 0 Å². The Labute approximate surface area is 188 Å². The smallest absolute Gasteiger partial charge is 0.223 e. The number of hydrogen-bond acceptors (Lipinski definition) is 4. The van der Waals surface area contributed by atoms with E-state index >= 15 is 0 Å². The molecule has 0 heterocycles. The molecule has 0 saturated heterocycles. The van der Waals surface area contributed by atoms with Crippen molar-refractivity contribution < 1.29 is 19.4 Å². The van der Waals surface area contributed by atoms with Gasteiger partial charge in [0.2, 0.25) is 11.8 Å². The van der Waals surface area contributed by atoms with E-state index in [1.54, 1.807) is 7.11 Å². The number of nitrogens with one attached hydrogen (secondary N) is 2. The second kappa shape index (κ2) is 10.7. The molecule has 7 atom stereocenters. The summed E-state index contributed by atoms with van der Waals surface area (Å²) in [5, 5.41) is 18.0. The summed E-state index contributed by atoms with van der Waals surface area (Å²) in [6, 6.07) is 0.372. The largest absolute Gasteiger partial charge is 0.392 e. The Bertz CT molecular complexity index is 621. The first-order chi connectivity index (χ1) is 14.8. The van der Waals surface area contributed by atoms with Crippen molar-refractivity contribution in [3.63, 3.8) is 0 Å². The zero-order valence-corrected chi connectivity index (χ0v) is 20.0. The Hall–Kier alpha value is -1.14. The summed E-state index contributed by atoms with van der Waals surface area (Å²) in [6.07, 6.45) is 9.55. The van der Waals surface area contributed by atoms with Gasteiger partial charge in [0, 0.05) is 31.5 Å². The molecule has 3 saturated carbocycles. The van der Waals surface area contributed by atoms with E-state index in [0.29, 0.717) is 19.1 Å². The standard InChI is InChI=1S/C25H44N2O4/c1-16(24(30)26-18-8-6-5-7-9-18)19-10-13-25(3)14-11-20(17(2)22(25)23(19)29)27-21(28)12-15-31-4/h16-20,22-23,29H,5-15H2,1-4H3,(H,26,30)(H,27,28)/t16-,17+,19?,20-,22+,23-,25-/m0/s1. The zero-order valence-electron chi connectivity index (χ0n) is 20.0. The predicted octanol–water partition coefficient (Wildman–Crippen LogP) is 3.42. The Morgan fingerprint density at radius 3 is 2.45 bits per heavy atom. The molecule has 2 amide bonds. The highest BCUT2D eigenvalue weighted by molar-refractivity contribution is 5.79.